The fourth-order valence-corrected chi connectivity index (χ4v) is 3.87. The zero-order valence-corrected chi connectivity index (χ0v) is 18.3. The lowest BCUT2D eigenvalue weighted by Crippen LogP contribution is -2.41. The van der Waals surface area contributed by atoms with Gasteiger partial charge in [-0.2, -0.15) is 0 Å². The molecule has 1 fully saturated rings. The van der Waals surface area contributed by atoms with Gasteiger partial charge < -0.3 is 15.4 Å². The van der Waals surface area contributed by atoms with Crippen LogP contribution in [0.4, 0.5) is 0 Å². The molecule has 1 aromatic carbocycles. The molecule has 5 nitrogen and oxygen atoms in total. The topological polar surface area (TPSA) is 58.5 Å². The number of ether oxygens (including phenoxy) is 1. The van der Waals surface area contributed by atoms with Crippen molar-refractivity contribution in [2.75, 3.05) is 32.8 Å². The first kappa shape index (κ1) is 21.9. The molecule has 0 bridgehead atoms. The summed E-state index contributed by atoms with van der Waals surface area (Å²) in [5, 5.41) is 8.04. The Hall–Kier alpha value is -1.82. The molecule has 1 aliphatic rings. The van der Waals surface area contributed by atoms with Crippen LogP contribution in [0.1, 0.15) is 30.9 Å². The Labute approximate surface area is 182 Å². The number of aromatic nitrogens is 1. The average Bonchev–Trinajstić information content (AvgIpc) is 2.74. The Bertz CT molecular complexity index is 805. The summed E-state index contributed by atoms with van der Waals surface area (Å²) in [4.78, 5) is 9.05. The Morgan fingerprint density at radius 1 is 1.17 bits per heavy atom. The summed E-state index contributed by atoms with van der Waals surface area (Å²) in [6.07, 6.45) is 4.53. The Kier molecular flexibility index (Phi) is 8.16. The van der Waals surface area contributed by atoms with E-state index in [4.69, 9.17) is 32.9 Å². The molecule has 0 atom stereocenters. The lowest BCUT2D eigenvalue weighted by Gasteiger charge is -2.36. The standard InChI is InChI=1S/C22H28Cl2N4O/c1-2-25-21(26-11-8-17-6-7-20(24)27-15-17)28-16-22(9-12-29-13-10-22)18-4-3-5-19(23)14-18/h3-7,14-15H,2,8-13,16H2,1H3,(H2,25,26,28). The fraction of sp³-hybridized carbons (Fsp3) is 0.455. The molecular weight excluding hydrogens is 407 g/mol. The second-order valence-electron chi connectivity index (χ2n) is 7.26. The first-order valence-electron chi connectivity index (χ1n) is 10.1. The molecule has 2 N–H and O–H groups in total. The van der Waals surface area contributed by atoms with Gasteiger partial charge in [0.25, 0.3) is 0 Å². The Morgan fingerprint density at radius 3 is 2.69 bits per heavy atom. The molecule has 29 heavy (non-hydrogen) atoms. The van der Waals surface area contributed by atoms with Gasteiger partial charge in [-0.15, -0.1) is 0 Å². The maximum atomic E-state index is 6.27. The predicted molar refractivity (Wildman–Crippen MR) is 120 cm³/mol. The van der Waals surface area contributed by atoms with Gasteiger partial charge in [0.15, 0.2) is 5.96 Å². The zero-order chi connectivity index (χ0) is 20.5. The summed E-state index contributed by atoms with van der Waals surface area (Å²) < 4.78 is 5.63. The van der Waals surface area contributed by atoms with Crippen molar-refractivity contribution in [3.05, 3.63) is 63.9 Å². The number of halogens is 2. The average molecular weight is 435 g/mol. The molecule has 0 spiro atoms. The first-order chi connectivity index (χ1) is 14.1. The molecule has 0 radical (unpaired) electrons. The van der Waals surface area contributed by atoms with Crippen LogP contribution in [0.15, 0.2) is 47.6 Å². The minimum Gasteiger partial charge on any atom is -0.381 e. The highest BCUT2D eigenvalue weighted by atomic mass is 35.5. The van der Waals surface area contributed by atoms with Crippen LogP contribution in [0.2, 0.25) is 10.2 Å². The van der Waals surface area contributed by atoms with Crippen molar-refractivity contribution >= 4 is 29.2 Å². The number of hydrogen-bond acceptors (Lipinski definition) is 3. The molecule has 7 heteroatoms. The van der Waals surface area contributed by atoms with Crippen molar-refractivity contribution in [3.8, 4) is 0 Å². The maximum Gasteiger partial charge on any atom is 0.191 e. The van der Waals surface area contributed by atoms with E-state index in [9.17, 15) is 0 Å². The van der Waals surface area contributed by atoms with Gasteiger partial charge >= 0.3 is 0 Å². The molecule has 0 saturated carbocycles. The molecular formula is C22H28Cl2N4O. The van der Waals surface area contributed by atoms with E-state index in [1.54, 1.807) is 0 Å². The van der Waals surface area contributed by atoms with Crippen LogP contribution < -0.4 is 10.6 Å². The molecule has 1 aromatic heterocycles. The van der Waals surface area contributed by atoms with E-state index in [1.807, 2.05) is 30.5 Å². The van der Waals surface area contributed by atoms with Gasteiger partial charge in [-0.05, 0) is 55.5 Å². The second kappa shape index (κ2) is 10.8. The number of nitrogens with zero attached hydrogens (tertiary/aromatic N) is 2. The van der Waals surface area contributed by atoms with Gasteiger partial charge in [-0.1, -0.05) is 41.4 Å². The molecule has 2 heterocycles. The summed E-state index contributed by atoms with van der Waals surface area (Å²) in [7, 11) is 0. The largest absolute Gasteiger partial charge is 0.381 e. The van der Waals surface area contributed by atoms with E-state index in [0.717, 1.165) is 62.1 Å². The molecule has 0 aliphatic carbocycles. The van der Waals surface area contributed by atoms with Gasteiger partial charge in [0.1, 0.15) is 5.15 Å². The first-order valence-corrected chi connectivity index (χ1v) is 10.8. The third kappa shape index (κ3) is 6.33. The number of benzene rings is 1. The highest BCUT2D eigenvalue weighted by Crippen LogP contribution is 2.36. The number of nitrogens with one attached hydrogen (secondary N) is 2. The SMILES string of the molecule is CCNC(=NCC1(c2cccc(Cl)c2)CCOCC1)NCCc1ccc(Cl)nc1. The number of aliphatic imine (C=N–C) groups is 1. The monoisotopic (exact) mass is 434 g/mol. The van der Waals surface area contributed by atoms with Gasteiger partial charge in [0, 0.05) is 42.9 Å². The molecule has 3 rings (SSSR count). The predicted octanol–water partition coefficient (Wildman–Crippen LogP) is 4.23. The van der Waals surface area contributed by atoms with E-state index < -0.39 is 0 Å². The zero-order valence-electron chi connectivity index (χ0n) is 16.8. The highest BCUT2D eigenvalue weighted by molar-refractivity contribution is 6.30. The van der Waals surface area contributed by atoms with Crippen LogP contribution in [0.3, 0.4) is 0 Å². The van der Waals surface area contributed by atoms with Crippen LogP contribution >= 0.6 is 23.2 Å². The molecule has 0 amide bonds. The molecule has 156 valence electrons. The molecule has 2 aromatic rings. The summed E-state index contributed by atoms with van der Waals surface area (Å²) in [5.41, 5.74) is 2.32. The lowest BCUT2D eigenvalue weighted by molar-refractivity contribution is 0.0531. The number of rotatable bonds is 7. The van der Waals surface area contributed by atoms with Crippen LogP contribution in [-0.2, 0) is 16.6 Å². The number of guanidine groups is 1. The van der Waals surface area contributed by atoms with E-state index in [-0.39, 0.29) is 5.41 Å². The third-order valence-corrected chi connectivity index (χ3v) is 5.72. The molecule has 0 unspecified atom stereocenters. The van der Waals surface area contributed by atoms with Crippen molar-refractivity contribution in [3.63, 3.8) is 0 Å². The lowest BCUT2D eigenvalue weighted by atomic mass is 9.74. The quantitative estimate of drug-likeness (QED) is 0.388. The summed E-state index contributed by atoms with van der Waals surface area (Å²) in [6, 6.07) is 12.0. The van der Waals surface area contributed by atoms with Crippen molar-refractivity contribution in [2.45, 2.75) is 31.6 Å². The maximum absolute atomic E-state index is 6.27. The fourth-order valence-electron chi connectivity index (χ4n) is 3.57. The minimum atomic E-state index is -0.0500. The molecule has 1 saturated heterocycles. The highest BCUT2D eigenvalue weighted by Gasteiger charge is 2.34. The van der Waals surface area contributed by atoms with Gasteiger partial charge in [-0.3, -0.25) is 4.99 Å². The van der Waals surface area contributed by atoms with Crippen LogP contribution in [-0.4, -0.2) is 43.8 Å². The third-order valence-electron chi connectivity index (χ3n) is 5.27. The minimum absolute atomic E-state index is 0.0500. The molecule has 1 aliphatic heterocycles. The van der Waals surface area contributed by atoms with Gasteiger partial charge in [-0.25, -0.2) is 4.98 Å². The van der Waals surface area contributed by atoms with Gasteiger partial charge in [0.05, 0.1) is 6.54 Å². The van der Waals surface area contributed by atoms with Crippen LogP contribution in [0.5, 0.6) is 0 Å². The number of pyridine rings is 1. The van der Waals surface area contributed by atoms with E-state index in [1.165, 1.54) is 5.56 Å². The van der Waals surface area contributed by atoms with E-state index >= 15 is 0 Å². The normalized spacial score (nSPS) is 16.4. The van der Waals surface area contributed by atoms with Crippen LogP contribution in [0, 0.1) is 0 Å². The van der Waals surface area contributed by atoms with E-state index in [0.29, 0.717) is 11.7 Å². The second-order valence-corrected chi connectivity index (χ2v) is 8.09. The number of hydrogen-bond donors (Lipinski definition) is 2. The Balaban J connectivity index is 1.68. The van der Waals surface area contributed by atoms with Crippen molar-refractivity contribution < 1.29 is 4.74 Å². The van der Waals surface area contributed by atoms with Gasteiger partial charge in [0.2, 0.25) is 0 Å². The summed E-state index contributed by atoms with van der Waals surface area (Å²) in [6.45, 7) is 5.82. The smallest absolute Gasteiger partial charge is 0.191 e. The Morgan fingerprint density at radius 2 is 2.00 bits per heavy atom. The van der Waals surface area contributed by atoms with Crippen LogP contribution in [0.25, 0.3) is 0 Å². The van der Waals surface area contributed by atoms with Crippen molar-refractivity contribution in [1.82, 2.24) is 15.6 Å². The summed E-state index contributed by atoms with van der Waals surface area (Å²) in [5.74, 6) is 0.822. The van der Waals surface area contributed by atoms with E-state index in [2.05, 4.69) is 34.7 Å². The summed E-state index contributed by atoms with van der Waals surface area (Å²) >= 11 is 12.1. The van der Waals surface area contributed by atoms with Crippen molar-refractivity contribution in [2.24, 2.45) is 4.99 Å². The van der Waals surface area contributed by atoms with Crippen molar-refractivity contribution in [1.29, 1.82) is 0 Å².